The number of carboxylic acid groups (broad SMARTS) is 1. The third-order valence-corrected chi connectivity index (χ3v) is 8.98. The highest BCUT2D eigenvalue weighted by Gasteiger charge is 2.28. The Hall–Kier alpha value is -3.19. The maximum absolute atomic E-state index is 12.9. The molecule has 200 valence electrons. The van der Waals surface area contributed by atoms with Gasteiger partial charge in [0.1, 0.15) is 12.4 Å². The van der Waals surface area contributed by atoms with E-state index < -0.39 is 5.97 Å². The van der Waals surface area contributed by atoms with Gasteiger partial charge in [-0.15, -0.1) is 11.3 Å². The molecule has 7 heteroatoms. The summed E-state index contributed by atoms with van der Waals surface area (Å²) < 4.78 is 6.33. The Labute approximate surface area is 228 Å². The fourth-order valence-corrected chi connectivity index (χ4v) is 6.57. The number of amides is 1. The van der Waals surface area contributed by atoms with E-state index in [1.54, 1.807) is 11.3 Å². The highest BCUT2D eigenvalue weighted by Crippen LogP contribution is 2.40. The molecule has 1 saturated carbocycles. The van der Waals surface area contributed by atoms with Crippen molar-refractivity contribution in [3.05, 3.63) is 69.0 Å². The Morgan fingerprint density at radius 3 is 2.50 bits per heavy atom. The third kappa shape index (κ3) is 5.93. The largest absolute Gasteiger partial charge is 0.488 e. The molecule has 6 nitrogen and oxygen atoms in total. The minimum absolute atomic E-state index is 0.122. The Morgan fingerprint density at radius 2 is 1.79 bits per heavy atom. The van der Waals surface area contributed by atoms with Gasteiger partial charge in [0.15, 0.2) is 0 Å². The fourth-order valence-electron chi connectivity index (χ4n) is 5.58. The minimum atomic E-state index is -0.677. The van der Waals surface area contributed by atoms with E-state index in [9.17, 15) is 14.7 Å². The first-order valence-corrected chi connectivity index (χ1v) is 14.6. The monoisotopic (exact) mass is 532 g/mol. The number of aromatic nitrogens is 1. The molecule has 1 saturated heterocycles. The second kappa shape index (κ2) is 11.7. The molecule has 0 bridgehead atoms. The average molecular weight is 533 g/mol. The van der Waals surface area contributed by atoms with Crippen LogP contribution < -0.4 is 4.74 Å². The minimum Gasteiger partial charge on any atom is -0.488 e. The van der Waals surface area contributed by atoms with Gasteiger partial charge in [0.05, 0.1) is 16.6 Å². The fraction of sp³-hybridized carbons (Fsp3) is 0.452. The number of aliphatic carboxylic acids is 1. The lowest BCUT2D eigenvalue weighted by atomic mass is 9.82. The second-order valence-corrected chi connectivity index (χ2v) is 11.6. The molecule has 0 spiro atoms. The SMILES string of the molecule is Cc1ccc(OCc2ccc(C(=O)N3CCCCC3)cc2C)c(-c2csc([C@H]3CC[C@H](C(=O)O)CC3)n2)c1. The molecule has 2 aromatic carbocycles. The topological polar surface area (TPSA) is 79.7 Å². The van der Waals surface area contributed by atoms with Crippen LogP contribution in [0.2, 0.25) is 0 Å². The van der Waals surface area contributed by atoms with E-state index in [1.165, 1.54) is 6.42 Å². The Kier molecular flexibility index (Phi) is 8.12. The van der Waals surface area contributed by atoms with Crippen molar-refractivity contribution >= 4 is 23.2 Å². The van der Waals surface area contributed by atoms with Crippen LogP contribution in [0.3, 0.4) is 0 Å². The van der Waals surface area contributed by atoms with Crippen LogP contribution >= 0.6 is 11.3 Å². The van der Waals surface area contributed by atoms with Crippen molar-refractivity contribution in [2.45, 2.75) is 71.3 Å². The molecule has 2 aliphatic rings. The van der Waals surface area contributed by atoms with Gasteiger partial charge in [-0.25, -0.2) is 4.98 Å². The number of benzene rings is 2. The number of thiazole rings is 1. The molecule has 1 N–H and O–H groups in total. The van der Waals surface area contributed by atoms with E-state index in [0.29, 0.717) is 12.5 Å². The van der Waals surface area contributed by atoms with Gasteiger partial charge in [-0.1, -0.05) is 17.7 Å². The quantitative estimate of drug-likeness (QED) is 0.355. The van der Waals surface area contributed by atoms with Crippen molar-refractivity contribution in [3.63, 3.8) is 0 Å². The molecule has 38 heavy (non-hydrogen) atoms. The molecule has 0 radical (unpaired) electrons. The summed E-state index contributed by atoms with van der Waals surface area (Å²) >= 11 is 1.66. The van der Waals surface area contributed by atoms with Crippen LogP contribution in [0.1, 0.15) is 82.9 Å². The van der Waals surface area contributed by atoms with Gasteiger partial charge in [0.25, 0.3) is 5.91 Å². The van der Waals surface area contributed by atoms with Crippen molar-refractivity contribution in [2.75, 3.05) is 13.1 Å². The normalized spacial score (nSPS) is 19.8. The summed E-state index contributed by atoms with van der Waals surface area (Å²) in [6.07, 6.45) is 6.55. The van der Waals surface area contributed by atoms with E-state index in [-0.39, 0.29) is 11.8 Å². The van der Waals surface area contributed by atoms with Crippen LogP contribution in [-0.4, -0.2) is 40.0 Å². The van der Waals surface area contributed by atoms with Crippen molar-refractivity contribution < 1.29 is 19.4 Å². The van der Waals surface area contributed by atoms with E-state index in [0.717, 1.165) is 95.9 Å². The average Bonchev–Trinajstić information content (AvgIpc) is 3.43. The summed E-state index contributed by atoms with van der Waals surface area (Å²) in [5.41, 5.74) is 5.87. The number of hydrogen-bond acceptors (Lipinski definition) is 5. The number of rotatable bonds is 7. The molecule has 3 aromatic rings. The number of ether oxygens (including phenoxy) is 1. The van der Waals surface area contributed by atoms with Gasteiger partial charge in [-0.2, -0.15) is 0 Å². The number of carbonyl (C=O) groups excluding carboxylic acids is 1. The van der Waals surface area contributed by atoms with Crippen LogP contribution in [0, 0.1) is 19.8 Å². The summed E-state index contributed by atoms with van der Waals surface area (Å²) in [6, 6.07) is 12.1. The summed E-state index contributed by atoms with van der Waals surface area (Å²) in [4.78, 5) is 31.1. The first-order valence-electron chi connectivity index (χ1n) is 13.7. The Morgan fingerprint density at radius 1 is 1.03 bits per heavy atom. The van der Waals surface area contributed by atoms with Gasteiger partial charge in [-0.05, 0) is 94.2 Å². The highest BCUT2D eigenvalue weighted by molar-refractivity contribution is 7.10. The predicted molar refractivity (Wildman–Crippen MR) is 150 cm³/mol. The van der Waals surface area contributed by atoms with Crippen LogP contribution in [0.25, 0.3) is 11.3 Å². The molecule has 0 unspecified atom stereocenters. The number of hydrogen-bond donors (Lipinski definition) is 1. The van der Waals surface area contributed by atoms with Gasteiger partial charge in [-0.3, -0.25) is 9.59 Å². The highest BCUT2D eigenvalue weighted by atomic mass is 32.1. The van der Waals surface area contributed by atoms with Gasteiger partial charge in [0.2, 0.25) is 0 Å². The Bertz CT molecular complexity index is 1300. The Balaban J connectivity index is 1.28. The number of likely N-dealkylation sites (tertiary alicyclic amines) is 1. The zero-order chi connectivity index (χ0) is 26.6. The molecule has 1 amide bonds. The molecule has 5 rings (SSSR count). The maximum atomic E-state index is 12.9. The molecule has 1 aliphatic carbocycles. The zero-order valence-corrected chi connectivity index (χ0v) is 23.1. The van der Waals surface area contributed by atoms with Crippen LogP contribution in [0.5, 0.6) is 5.75 Å². The van der Waals surface area contributed by atoms with E-state index in [1.807, 2.05) is 42.2 Å². The number of carbonyl (C=O) groups is 2. The third-order valence-electron chi connectivity index (χ3n) is 7.97. The molecular weight excluding hydrogens is 496 g/mol. The number of piperidine rings is 1. The van der Waals surface area contributed by atoms with E-state index >= 15 is 0 Å². The number of nitrogens with zero attached hydrogens (tertiary/aromatic N) is 2. The zero-order valence-electron chi connectivity index (χ0n) is 22.2. The number of aryl methyl sites for hydroxylation is 2. The van der Waals surface area contributed by atoms with Gasteiger partial charge >= 0.3 is 5.97 Å². The second-order valence-electron chi connectivity index (χ2n) is 10.7. The molecule has 2 heterocycles. The van der Waals surface area contributed by atoms with Crippen molar-refractivity contribution in [3.8, 4) is 17.0 Å². The lowest BCUT2D eigenvalue weighted by Gasteiger charge is -2.27. The van der Waals surface area contributed by atoms with E-state index in [4.69, 9.17) is 9.72 Å². The smallest absolute Gasteiger partial charge is 0.306 e. The van der Waals surface area contributed by atoms with Crippen LogP contribution in [0.15, 0.2) is 41.8 Å². The molecule has 1 aliphatic heterocycles. The standard InChI is InChI=1S/C31H36N2O4S/c1-20-6-13-28(26(16-20)27-19-38-29(32-27)22-7-9-23(10-8-22)31(35)36)37-18-25-12-11-24(17-21(25)2)30(34)33-14-4-3-5-15-33/h6,11-13,16-17,19,22-23H,3-5,7-10,14-15,18H2,1-2H3,(H,35,36)/t22-,23-. The van der Waals surface area contributed by atoms with Gasteiger partial charge < -0.3 is 14.7 Å². The van der Waals surface area contributed by atoms with Crippen molar-refractivity contribution in [2.24, 2.45) is 5.92 Å². The predicted octanol–water partition coefficient (Wildman–Crippen LogP) is 6.99. The van der Waals surface area contributed by atoms with Crippen LogP contribution in [-0.2, 0) is 11.4 Å². The lowest BCUT2D eigenvalue weighted by molar-refractivity contribution is -0.142. The summed E-state index contributed by atoms with van der Waals surface area (Å²) in [7, 11) is 0. The molecule has 2 fully saturated rings. The molecular formula is C31H36N2O4S. The lowest BCUT2D eigenvalue weighted by Crippen LogP contribution is -2.35. The molecule has 0 atom stereocenters. The van der Waals surface area contributed by atoms with Crippen molar-refractivity contribution in [1.82, 2.24) is 9.88 Å². The van der Waals surface area contributed by atoms with Crippen molar-refractivity contribution in [1.29, 1.82) is 0 Å². The van der Waals surface area contributed by atoms with Gasteiger partial charge in [0, 0.05) is 35.5 Å². The summed E-state index contributed by atoms with van der Waals surface area (Å²) in [6.45, 7) is 6.21. The van der Waals surface area contributed by atoms with Crippen LogP contribution in [0.4, 0.5) is 0 Å². The summed E-state index contributed by atoms with van der Waals surface area (Å²) in [5.74, 6) is 0.338. The molecule has 1 aromatic heterocycles. The maximum Gasteiger partial charge on any atom is 0.306 e. The summed E-state index contributed by atoms with van der Waals surface area (Å²) in [5, 5.41) is 12.5. The first-order chi connectivity index (χ1) is 18.4. The number of carboxylic acids is 1. The first kappa shape index (κ1) is 26.4. The van der Waals surface area contributed by atoms with E-state index in [2.05, 4.69) is 18.4 Å².